The maximum absolute atomic E-state index is 13.0. The monoisotopic (exact) mass is 391 g/mol. The molecule has 0 saturated heterocycles. The topological polar surface area (TPSA) is 82.9 Å². The normalized spacial score (nSPS) is 17.4. The van der Waals surface area contributed by atoms with E-state index in [0.29, 0.717) is 25.4 Å². The molecule has 0 radical (unpaired) electrons. The number of halogens is 1. The van der Waals surface area contributed by atoms with Gasteiger partial charge in [-0.15, -0.1) is 0 Å². The summed E-state index contributed by atoms with van der Waals surface area (Å²) >= 11 is 0. The highest BCUT2D eigenvalue weighted by molar-refractivity contribution is 7.89. The first-order chi connectivity index (χ1) is 12.9. The fourth-order valence-corrected chi connectivity index (χ4v) is 4.73. The summed E-state index contributed by atoms with van der Waals surface area (Å²) in [5.41, 5.74) is 1.88. The van der Waals surface area contributed by atoms with E-state index in [0.717, 1.165) is 23.3 Å². The van der Waals surface area contributed by atoms with Gasteiger partial charge < -0.3 is 14.6 Å². The molecule has 2 aliphatic heterocycles. The van der Waals surface area contributed by atoms with E-state index in [4.69, 9.17) is 4.42 Å². The van der Waals surface area contributed by atoms with Crippen LogP contribution in [-0.4, -0.2) is 49.8 Å². The van der Waals surface area contributed by atoms with Gasteiger partial charge in [0.1, 0.15) is 11.6 Å². The van der Waals surface area contributed by atoms with E-state index in [9.17, 15) is 17.6 Å². The molecule has 0 saturated carbocycles. The quantitative estimate of drug-likeness (QED) is 0.808. The van der Waals surface area contributed by atoms with Crippen LogP contribution < -0.4 is 5.32 Å². The molecular weight excluding hydrogens is 373 g/mol. The van der Waals surface area contributed by atoms with Crippen LogP contribution in [0.3, 0.4) is 0 Å². The van der Waals surface area contributed by atoms with E-state index in [-0.39, 0.29) is 24.0 Å². The second-order valence-corrected chi connectivity index (χ2v) is 8.47. The molecule has 1 N–H and O–H groups in total. The predicted molar refractivity (Wildman–Crippen MR) is 94.7 cm³/mol. The van der Waals surface area contributed by atoms with Gasteiger partial charge >= 0.3 is 6.03 Å². The zero-order chi connectivity index (χ0) is 19.0. The summed E-state index contributed by atoms with van der Waals surface area (Å²) in [6.07, 6.45) is 1.55. The van der Waals surface area contributed by atoms with Crippen molar-refractivity contribution < 1.29 is 22.0 Å². The molecule has 4 rings (SSSR count). The molecule has 0 bridgehead atoms. The van der Waals surface area contributed by atoms with E-state index in [1.54, 1.807) is 23.3 Å². The number of rotatable bonds is 4. The first kappa shape index (κ1) is 17.7. The lowest BCUT2D eigenvalue weighted by Gasteiger charge is -2.23. The van der Waals surface area contributed by atoms with E-state index < -0.39 is 15.8 Å². The summed E-state index contributed by atoms with van der Waals surface area (Å²) in [5, 5.41) is 2.79. The van der Waals surface area contributed by atoms with Crippen LogP contribution >= 0.6 is 0 Å². The maximum Gasteiger partial charge on any atom is 0.318 e. The Labute approximate surface area is 156 Å². The number of sulfonamides is 1. The van der Waals surface area contributed by atoms with Crippen LogP contribution in [0.4, 0.5) is 9.18 Å². The van der Waals surface area contributed by atoms with Gasteiger partial charge in [-0.25, -0.2) is 17.6 Å². The first-order valence-electron chi connectivity index (χ1n) is 8.44. The fourth-order valence-electron chi connectivity index (χ4n) is 3.30. The highest BCUT2D eigenvalue weighted by atomic mass is 32.2. The summed E-state index contributed by atoms with van der Waals surface area (Å²) in [6, 6.07) is 8.12. The Morgan fingerprint density at radius 2 is 1.74 bits per heavy atom. The molecule has 27 heavy (non-hydrogen) atoms. The van der Waals surface area contributed by atoms with Crippen molar-refractivity contribution in [3.63, 3.8) is 0 Å². The minimum atomic E-state index is -3.68. The Bertz CT molecular complexity index is 966. The average Bonchev–Trinajstić information content (AvgIpc) is 3.36. The lowest BCUT2D eigenvalue weighted by Crippen LogP contribution is -2.41. The number of hydrogen-bond acceptors (Lipinski definition) is 4. The largest absolute Gasteiger partial charge is 0.467 e. The van der Waals surface area contributed by atoms with Crippen molar-refractivity contribution in [1.82, 2.24) is 14.5 Å². The number of nitrogens with zero attached hydrogens (tertiary/aromatic N) is 2. The second-order valence-electron chi connectivity index (χ2n) is 6.53. The van der Waals surface area contributed by atoms with Crippen molar-refractivity contribution in [2.45, 2.75) is 11.4 Å². The standard InChI is InChI=1S/C18H18FN3O4S/c19-15-3-5-17(6-4-15)27(24,25)22-11-13-9-21(10-14(13)12-22)18(23)20-8-16-2-1-7-26-16/h1-7H,8-12H2,(H,20,23). The van der Waals surface area contributed by atoms with Gasteiger partial charge in [0.2, 0.25) is 10.0 Å². The molecule has 2 aromatic rings. The summed E-state index contributed by atoms with van der Waals surface area (Å²) in [7, 11) is -3.68. The van der Waals surface area contributed by atoms with Crippen LogP contribution in [0.2, 0.25) is 0 Å². The molecule has 1 aromatic heterocycles. The Morgan fingerprint density at radius 3 is 2.33 bits per heavy atom. The number of urea groups is 1. The van der Waals surface area contributed by atoms with Gasteiger partial charge in [0, 0.05) is 26.2 Å². The Balaban J connectivity index is 1.35. The van der Waals surface area contributed by atoms with Crippen molar-refractivity contribution >= 4 is 16.1 Å². The summed E-state index contributed by atoms with van der Waals surface area (Å²) in [4.78, 5) is 14.0. The van der Waals surface area contributed by atoms with Gasteiger partial charge in [-0.2, -0.15) is 4.31 Å². The molecule has 1 aromatic carbocycles. The molecule has 2 amide bonds. The fraction of sp³-hybridized carbons (Fsp3) is 0.278. The van der Waals surface area contributed by atoms with Gasteiger partial charge in [-0.3, -0.25) is 0 Å². The molecule has 0 fully saturated rings. The second kappa shape index (κ2) is 6.82. The highest BCUT2D eigenvalue weighted by Gasteiger charge is 2.37. The summed E-state index contributed by atoms with van der Waals surface area (Å²) < 4.78 is 45.0. The van der Waals surface area contributed by atoms with Gasteiger partial charge in [0.25, 0.3) is 0 Å². The third kappa shape index (κ3) is 3.47. The van der Waals surface area contributed by atoms with Gasteiger partial charge in [-0.05, 0) is 47.5 Å². The van der Waals surface area contributed by atoms with Crippen molar-refractivity contribution in [3.05, 3.63) is 65.4 Å². The molecule has 9 heteroatoms. The van der Waals surface area contributed by atoms with Crippen molar-refractivity contribution in [1.29, 1.82) is 0 Å². The zero-order valence-corrected chi connectivity index (χ0v) is 15.2. The number of hydrogen-bond donors (Lipinski definition) is 1. The molecule has 7 nitrogen and oxygen atoms in total. The number of carbonyl (C=O) groups excluding carboxylic acids is 1. The minimum Gasteiger partial charge on any atom is -0.467 e. The molecule has 142 valence electrons. The van der Waals surface area contributed by atoms with Gasteiger partial charge in [0.15, 0.2) is 0 Å². The van der Waals surface area contributed by atoms with Crippen molar-refractivity contribution in [2.24, 2.45) is 0 Å². The summed E-state index contributed by atoms with van der Waals surface area (Å²) in [6.45, 7) is 1.59. The van der Waals surface area contributed by atoms with E-state index in [1.807, 2.05) is 0 Å². The van der Waals surface area contributed by atoms with Crippen LogP contribution in [0, 0.1) is 5.82 Å². The van der Waals surface area contributed by atoms with Crippen molar-refractivity contribution in [2.75, 3.05) is 26.2 Å². The van der Waals surface area contributed by atoms with Crippen LogP contribution in [0.15, 0.2) is 63.1 Å². The van der Waals surface area contributed by atoms with E-state index in [2.05, 4.69) is 5.32 Å². The molecule has 0 spiro atoms. The number of amides is 2. The Kier molecular flexibility index (Phi) is 4.48. The third-order valence-corrected chi connectivity index (χ3v) is 6.54. The number of benzene rings is 1. The van der Waals surface area contributed by atoms with E-state index >= 15 is 0 Å². The van der Waals surface area contributed by atoms with Gasteiger partial charge in [0.05, 0.1) is 17.7 Å². The average molecular weight is 391 g/mol. The maximum atomic E-state index is 13.0. The van der Waals surface area contributed by atoms with Crippen LogP contribution in [-0.2, 0) is 16.6 Å². The molecule has 3 heterocycles. The molecule has 0 unspecified atom stereocenters. The third-order valence-electron chi connectivity index (χ3n) is 4.73. The summed E-state index contributed by atoms with van der Waals surface area (Å²) in [5.74, 6) is 0.187. The minimum absolute atomic E-state index is 0.0677. The number of furan rings is 1. The van der Waals surface area contributed by atoms with Crippen LogP contribution in [0.5, 0.6) is 0 Å². The SMILES string of the molecule is O=C(NCc1ccco1)N1CC2=C(C1)CN(S(=O)(=O)c1ccc(F)cc1)C2. The highest BCUT2D eigenvalue weighted by Crippen LogP contribution is 2.30. The van der Waals surface area contributed by atoms with Crippen molar-refractivity contribution in [3.8, 4) is 0 Å². The van der Waals surface area contributed by atoms with Gasteiger partial charge in [-0.1, -0.05) is 0 Å². The molecular formula is C18H18FN3O4S. The number of nitrogens with one attached hydrogen (secondary N) is 1. The van der Waals surface area contributed by atoms with Crippen LogP contribution in [0.25, 0.3) is 0 Å². The predicted octanol–water partition coefficient (Wildman–Crippen LogP) is 1.95. The Morgan fingerprint density at radius 1 is 1.07 bits per heavy atom. The lowest BCUT2D eigenvalue weighted by atomic mass is 10.2. The molecule has 2 aliphatic rings. The Hall–Kier alpha value is -2.65. The van der Waals surface area contributed by atoms with Crippen LogP contribution in [0.1, 0.15) is 5.76 Å². The molecule has 0 atom stereocenters. The number of carbonyl (C=O) groups is 1. The lowest BCUT2D eigenvalue weighted by molar-refractivity contribution is 0.207. The zero-order valence-electron chi connectivity index (χ0n) is 14.4. The first-order valence-corrected chi connectivity index (χ1v) is 9.88. The smallest absolute Gasteiger partial charge is 0.318 e. The molecule has 0 aliphatic carbocycles. The van der Waals surface area contributed by atoms with E-state index in [1.165, 1.54) is 16.4 Å².